The first-order chi connectivity index (χ1) is 7.72. The average Bonchev–Trinajstić information content (AvgIpc) is 2.77. The Morgan fingerprint density at radius 3 is 2.56 bits per heavy atom. The Bertz CT molecular complexity index is 563. The van der Waals surface area contributed by atoms with Gasteiger partial charge in [-0.25, -0.2) is 0 Å². The SMILES string of the molecule is N#Cc1cc[nH]c1C(=O)c1ccc(Cl)cc1. The standard InChI is InChI=1S/C12H7ClN2O/c13-10-3-1-8(2-4-10)12(16)11-9(7-14)5-6-15-11/h1-6,15H. The zero-order chi connectivity index (χ0) is 11.5. The van der Waals surface area contributed by atoms with E-state index in [9.17, 15) is 4.79 Å². The molecule has 1 heterocycles. The Balaban J connectivity index is 2.40. The second kappa shape index (κ2) is 4.21. The molecular weight excluding hydrogens is 224 g/mol. The van der Waals surface area contributed by atoms with Crippen molar-refractivity contribution in [3.05, 3.63) is 58.4 Å². The molecule has 0 radical (unpaired) electrons. The highest BCUT2D eigenvalue weighted by molar-refractivity contribution is 6.30. The number of rotatable bonds is 2. The summed E-state index contributed by atoms with van der Waals surface area (Å²) in [5, 5.41) is 9.38. The maximum Gasteiger partial charge on any atom is 0.210 e. The first-order valence-electron chi connectivity index (χ1n) is 4.60. The average molecular weight is 231 g/mol. The Morgan fingerprint density at radius 2 is 1.94 bits per heavy atom. The minimum Gasteiger partial charge on any atom is -0.357 e. The van der Waals surface area contributed by atoms with Crippen molar-refractivity contribution >= 4 is 17.4 Å². The number of halogens is 1. The third kappa shape index (κ3) is 1.83. The van der Waals surface area contributed by atoms with Gasteiger partial charge in [0.25, 0.3) is 0 Å². The minimum absolute atomic E-state index is 0.210. The molecule has 0 fully saturated rings. The van der Waals surface area contributed by atoms with Gasteiger partial charge in [-0.2, -0.15) is 5.26 Å². The lowest BCUT2D eigenvalue weighted by Gasteiger charge is -1.99. The van der Waals surface area contributed by atoms with Crippen LogP contribution in [0.2, 0.25) is 5.02 Å². The molecule has 0 aliphatic heterocycles. The predicted molar refractivity (Wildman–Crippen MR) is 60.4 cm³/mol. The summed E-state index contributed by atoms with van der Waals surface area (Å²) in [6, 6.07) is 10.1. The van der Waals surface area contributed by atoms with Gasteiger partial charge in [0, 0.05) is 16.8 Å². The van der Waals surface area contributed by atoms with Gasteiger partial charge in [0.05, 0.1) is 5.56 Å². The maximum atomic E-state index is 12.0. The summed E-state index contributed by atoms with van der Waals surface area (Å²) in [4.78, 5) is 14.7. The van der Waals surface area contributed by atoms with Gasteiger partial charge in [0.1, 0.15) is 11.8 Å². The van der Waals surface area contributed by atoms with Crippen LogP contribution in [0.25, 0.3) is 0 Å². The van der Waals surface area contributed by atoms with Crippen molar-refractivity contribution in [3.63, 3.8) is 0 Å². The van der Waals surface area contributed by atoms with Crippen LogP contribution in [0, 0.1) is 11.3 Å². The van der Waals surface area contributed by atoms with Crippen molar-refractivity contribution in [2.24, 2.45) is 0 Å². The van der Waals surface area contributed by atoms with E-state index < -0.39 is 0 Å². The van der Waals surface area contributed by atoms with Gasteiger partial charge < -0.3 is 4.98 Å². The van der Waals surface area contributed by atoms with Gasteiger partial charge in [-0.05, 0) is 30.3 Å². The fraction of sp³-hybridized carbons (Fsp3) is 0. The smallest absolute Gasteiger partial charge is 0.210 e. The fourth-order valence-corrected chi connectivity index (χ4v) is 1.52. The van der Waals surface area contributed by atoms with Crippen molar-refractivity contribution < 1.29 is 4.79 Å². The molecule has 0 aliphatic carbocycles. The lowest BCUT2D eigenvalue weighted by Crippen LogP contribution is -2.03. The van der Waals surface area contributed by atoms with Crippen LogP contribution in [-0.2, 0) is 0 Å². The van der Waals surface area contributed by atoms with Crippen molar-refractivity contribution in [2.45, 2.75) is 0 Å². The molecular formula is C12H7ClN2O. The Hall–Kier alpha value is -2.05. The number of aromatic amines is 1. The first-order valence-corrected chi connectivity index (χ1v) is 4.98. The lowest BCUT2D eigenvalue weighted by atomic mass is 10.1. The molecule has 2 aromatic rings. The molecule has 78 valence electrons. The molecule has 4 heteroatoms. The highest BCUT2D eigenvalue weighted by Crippen LogP contribution is 2.15. The van der Waals surface area contributed by atoms with Crippen LogP contribution in [-0.4, -0.2) is 10.8 Å². The Morgan fingerprint density at radius 1 is 1.25 bits per heavy atom. The quantitative estimate of drug-likeness (QED) is 0.807. The highest BCUT2D eigenvalue weighted by Gasteiger charge is 2.14. The van der Waals surface area contributed by atoms with Gasteiger partial charge >= 0.3 is 0 Å². The van der Waals surface area contributed by atoms with Crippen molar-refractivity contribution in [2.75, 3.05) is 0 Å². The van der Waals surface area contributed by atoms with Crippen LogP contribution in [0.4, 0.5) is 0 Å². The number of H-pyrrole nitrogens is 1. The van der Waals surface area contributed by atoms with E-state index in [-0.39, 0.29) is 5.78 Å². The molecule has 0 saturated heterocycles. The summed E-state index contributed by atoms with van der Waals surface area (Å²) in [6.45, 7) is 0. The Kier molecular flexibility index (Phi) is 2.76. The van der Waals surface area contributed by atoms with Crippen LogP contribution < -0.4 is 0 Å². The lowest BCUT2D eigenvalue weighted by molar-refractivity contribution is 0.103. The van der Waals surface area contributed by atoms with E-state index in [0.29, 0.717) is 21.8 Å². The molecule has 2 rings (SSSR count). The molecule has 0 bridgehead atoms. The number of carbonyl (C=O) groups is 1. The van der Waals surface area contributed by atoms with Crippen LogP contribution in [0.15, 0.2) is 36.5 Å². The van der Waals surface area contributed by atoms with E-state index in [1.807, 2.05) is 6.07 Å². The number of ketones is 1. The molecule has 1 N–H and O–H groups in total. The molecule has 0 unspecified atom stereocenters. The third-order valence-electron chi connectivity index (χ3n) is 2.20. The maximum absolute atomic E-state index is 12.0. The summed E-state index contributed by atoms with van der Waals surface area (Å²) in [6.07, 6.45) is 1.57. The molecule has 0 atom stereocenters. The molecule has 16 heavy (non-hydrogen) atoms. The van der Waals surface area contributed by atoms with Crippen LogP contribution in [0.1, 0.15) is 21.6 Å². The van der Waals surface area contributed by atoms with Crippen LogP contribution in [0.3, 0.4) is 0 Å². The molecule has 3 nitrogen and oxygen atoms in total. The summed E-state index contributed by atoms with van der Waals surface area (Å²) in [7, 11) is 0. The zero-order valence-electron chi connectivity index (χ0n) is 8.20. The number of nitrogens with zero attached hydrogens (tertiary/aromatic N) is 1. The van der Waals surface area contributed by atoms with E-state index in [0.717, 1.165) is 0 Å². The second-order valence-electron chi connectivity index (χ2n) is 3.21. The molecule has 0 amide bonds. The van der Waals surface area contributed by atoms with E-state index in [1.54, 1.807) is 36.5 Å². The topological polar surface area (TPSA) is 56.6 Å². The second-order valence-corrected chi connectivity index (χ2v) is 3.65. The number of aromatic nitrogens is 1. The predicted octanol–water partition coefficient (Wildman–Crippen LogP) is 2.77. The normalized spacial score (nSPS) is 9.75. The summed E-state index contributed by atoms with van der Waals surface area (Å²) < 4.78 is 0. The number of benzene rings is 1. The summed E-state index contributed by atoms with van der Waals surface area (Å²) >= 11 is 5.73. The number of hydrogen-bond acceptors (Lipinski definition) is 2. The summed E-state index contributed by atoms with van der Waals surface area (Å²) in [5.74, 6) is -0.210. The number of hydrogen-bond donors (Lipinski definition) is 1. The van der Waals surface area contributed by atoms with Crippen molar-refractivity contribution in [1.82, 2.24) is 4.98 Å². The minimum atomic E-state index is -0.210. The number of carbonyl (C=O) groups excluding carboxylic acids is 1. The monoisotopic (exact) mass is 230 g/mol. The van der Waals surface area contributed by atoms with Crippen LogP contribution in [0.5, 0.6) is 0 Å². The van der Waals surface area contributed by atoms with E-state index in [4.69, 9.17) is 16.9 Å². The van der Waals surface area contributed by atoms with Gasteiger partial charge in [-0.1, -0.05) is 11.6 Å². The zero-order valence-corrected chi connectivity index (χ0v) is 8.95. The van der Waals surface area contributed by atoms with Gasteiger partial charge in [0.15, 0.2) is 0 Å². The molecule has 1 aromatic carbocycles. The van der Waals surface area contributed by atoms with E-state index in [2.05, 4.69) is 4.98 Å². The van der Waals surface area contributed by atoms with Gasteiger partial charge in [-0.3, -0.25) is 4.79 Å². The largest absolute Gasteiger partial charge is 0.357 e. The fourth-order valence-electron chi connectivity index (χ4n) is 1.40. The van der Waals surface area contributed by atoms with E-state index >= 15 is 0 Å². The Labute approximate surface area is 97.3 Å². The van der Waals surface area contributed by atoms with Crippen molar-refractivity contribution in [1.29, 1.82) is 5.26 Å². The molecule has 0 saturated carbocycles. The van der Waals surface area contributed by atoms with Crippen molar-refractivity contribution in [3.8, 4) is 6.07 Å². The first kappa shape index (κ1) is 10.5. The van der Waals surface area contributed by atoms with E-state index in [1.165, 1.54) is 0 Å². The summed E-state index contributed by atoms with van der Waals surface area (Å²) in [5.41, 5.74) is 1.16. The van der Waals surface area contributed by atoms with Gasteiger partial charge in [-0.15, -0.1) is 0 Å². The van der Waals surface area contributed by atoms with Gasteiger partial charge in [0.2, 0.25) is 5.78 Å². The number of nitrogens with one attached hydrogen (secondary N) is 1. The third-order valence-corrected chi connectivity index (χ3v) is 2.45. The van der Waals surface area contributed by atoms with Crippen LogP contribution >= 0.6 is 11.6 Å². The number of nitriles is 1. The highest BCUT2D eigenvalue weighted by atomic mass is 35.5. The molecule has 0 aliphatic rings. The molecule has 0 spiro atoms. The molecule has 1 aromatic heterocycles.